The van der Waals surface area contributed by atoms with E-state index in [-0.39, 0.29) is 0 Å². The second-order valence-corrected chi connectivity index (χ2v) is 5.23. The number of aromatic nitrogens is 2. The van der Waals surface area contributed by atoms with Gasteiger partial charge in [-0.3, -0.25) is 0 Å². The van der Waals surface area contributed by atoms with Crippen molar-refractivity contribution in [2.45, 2.75) is 49.7 Å². The zero-order chi connectivity index (χ0) is 10.7. The lowest BCUT2D eigenvalue weighted by molar-refractivity contribution is 0.151. The van der Waals surface area contributed by atoms with Gasteiger partial charge in [-0.1, -0.05) is 18.0 Å². The number of thioether (sulfide) groups is 1. The van der Waals surface area contributed by atoms with Crippen molar-refractivity contribution in [1.82, 2.24) is 10.1 Å². The first kappa shape index (κ1) is 11.0. The highest BCUT2D eigenvalue weighted by atomic mass is 32.2. The fourth-order valence-electron chi connectivity index (χ4n) is 1.74. The maximum absolute atomic E-state index is 9.21. The average Bonchev–Trinajstić information content (AvgIpc) is 2.86. The first-order chi connectivity index (χ1) is 7.25. The van der Waals surface area contributed by atoms with Gasteiger partial charge in [0.05, 0.1) is 5.75 Å². The Morgan fingerprint density at radius 2 is 2.27 bits per heavy atom. The van der Waals surface area contributed by atoms with Crippen LogP contribution in [0.1, 0.15) is 50.4 Å². The Balaban J connectivity index is 1.82. The van der Waals surface area contributed by atoms with Gasteiger partial charge < -0.3 is 9.63 Å². The van der Waals surface area contributed by atoms with Gasteiger partial charge in [-0.05, 0) is 19.8 Å². The first-order valence-electron chi connectivity index (χ1n) is 5.38. The fraction of sp³-hybridized carbons (Fsp3) is 0.800. The molecule has 0 radical (unpaired) electrons. The lowest BCUT2D eigenvalue weighted by Gasteiger charge is -2.04. The molecular formula is C10H16N2O2S. The summed E-state index contributed by atoms with van der Waals surface area (Å²) in [7, 11) is 0. The van der Waals surface area contributed by atoms with Crippen LogP contribution < -0.4 is 0 Å². The van der Waals surface area contributed by atoms with E-state index >= 15 is 0 Å². The van der Waals surface area contributed by atoms with Gasteiger partial charge in [0, 0.05) is 5.25 Å². The van der Waals surface area contributed by atoms with Crippen molar-refractivity contribution in [3.05, 3.63) is 11.7 Å². The minimum Gasteiger partial charge on any atom is -0.384 e. The van der Waals surface area contributed by atoms with Crippen molar-refractivity contribution < 1.29 is 9.63 Å². The molecule has 1 aromatic heterocycles. The summed E-state index contributed by atoms with van der Waals surface area (Å²) in [5, 5.41) is 13.8. The van der Waals surface area contributed by atoms with Gasteiger partial charge in [-0.15, -0.1) is 0 Å². The first-order valence-corrected chi connectivity index (χ1v) is 6.42. The lowest BCUT2D eigenvalue weighted by Crippen LogP contribution is -1.96. The molecule has 1 heterocycles. The molecule has 1 unspecified atom stereocenters. The maximum Gasteiger partial charge on any atom is 0.255 e. The minimum absolute atomic E-state index is 0.317. The molecular weight excluding hydrogens is 212 g/mol. The van der Waals surface area contributed by atoms with E-state index in [1.165, 1.54) is 25.7 Å². The number of rotatable bonds is 4. The van der Waals surface area contributed by atoms with Gasteiger partial charge in [-0.2, -0.15) is 16.7 Å². The Morgan fingerprint density at radius 3 is 2.87 bits per heavy atom. The number of hydrogen-bond acceptors (Lipinski definition) is 5. The summed E-state index contributed by atoms with van der Waals surface area (Å²) in [6, 6.07) is 0. The van der Waals surface area contributed by atoms with E-state index in [1.54, 1.807) is 6.92 Å². The van der Waals surface area contributed by atoms with Crippen LogP contribution >= 0.6 is 11.8 Å². The number of aliphatic hydroxyl groups is 1. The molecule has 0 amide bonds. The summed E-state index contributed by atoms with van der Waals surface area (Å²) in [6.45, 7) is 1.63. The van der Waals surface area contributed by atoms with E-state index in [9.17, 15) is 5.11 Å². The third kappa shape index (κ3) is 2.95. The molecule has 0 aromatic carbocycles. The summed E-state index contributed by atoms with van der Waals surface area (Å²) in [6.07, 6.45) is 4.66. The lowest BCUT2D eigenvalue weighted by atomic mass is 10.4. The van der Waals surface area contributed by atoms with Crippen LogP contribution in [0.25, 0.3) is 0 Å². The molecule has 1 saturated carbocycles. The van der Waals surface area contributed by atoms with Crippen molar-refractivity contribution in [3.63, 3.8) is 0 Å². The van der Waals surface area contributed by atoms with Crippen LogP contribution in [0, 0.1) is 0 Å². The highest BCUT2D eigenvalue weighted by molar-refractivity contribution is 7.99. The van der Waals surface area contributed by atoms with Crippen molar-refractivity contribution in [3.8, 4) is 0 Å². The monoisotopic (exact) mass is 228 g/mol. The van der Waals surface area contributed by atoms with E-state index in [0.29, 0.717) is 11.7 Å². The molecule has 1 aromatic rings. The SMILES string of the molecule is CC(O)c1nc(CSC2CCCC2)no1. The van der Waals surface area contributed by atoms with Crippen LogP contribution in [0.4, 0.5) is 0 Å². The summed E-state index contributed by atoms with van der Waals surface area (Å²) >= 11 is 1.90. The molecule has 0 bridgehead atoms. The smallest absolute Gasteiger partial charge is 0.255 e. The third-order valence-electron chi connectivity index (χ3n) is 2.59. The molecule has 4 nitrogen and oxygen atoms in total. The van der Waals surface area contributed by atoms with Gasteiger partial charge in [-0.25, -0.2) is 0 Å². The fourth-order valence-corrected chi connectivity index (χ4v) is 2.91. The van der Waals surface area contributed by atoms with E-state index in [1.807, 2.05) is 11.8 Å². The molecule has 5 heteroatoms. The highest BCUT2D eigenvalue weighted by Gasteiger charge is 2.17. The molecule has 1 aliphatic carbocycles. The molecule has 1 N–H and O–H groups in total. The zero-order valence-corrected chi connectivity index (χ0v) is 9.66. The van der Waals surface area contributed by atoms with E-state index < -0.39 is 6.10 Å². The predicted molar refractivity (Wildman–Crippen MR) is 58.5 cm³/mol. The molecule has 1 atom stereocenters. The van der Waals surface area contributed by atoms with Gasteiger partial charge >= 0.3 is 0 Å². The predicted octanol–water partition coefficient (Wildman–Crippen LogP) is 2.30. The second kappa shape index (κ2) is 4.99. The third-order valence-corrected chi connectivity index (χ3v) is 3.96. The van der Waals surface area contributed by atoms with Crippen LogP contribution in [0.15, 0.2) is 4.52 Å². The van der Waals surface area contributed by atoms with Crippen LogP contribution in [-0.4, -0.2) is 20.5 Å². The van der Waals surface area contributed by atoms with Crippen molar-refractivity contribution in [1.29, 1.82) is 0 Å². The summed E-state index contributed by atoms with van der Waals surface area (Å²) < 4.78 is 4.92. The number of nitrogens with zero attached hydrogens (tertiary/aromatic N) is 2. The topological polar surface area (TPSA) is 59.2 Å². The maximum atomic E-state index is 9.21. The quantitative estimate of drug-likeness (QED) is 0.856. The Labute approximate surface area is 93.4 Å². The average molecular weight is 228 g/mol. The molecule has 0 spiro atoms. The van der Waals surface area contributed by atoms with Crippen LogP contribution in [0.2, 0.25) is 0 Å². The molecule has 0 saturated heterocycles. The van der Waals surface area contributed by atoms with E-state index in [2.05, 4.69) is 10.1 Å². The molecule has 1 fully saturated rings. The summed E-state index contributed by atoms with van der Waals surface area (Å²) in [4.78, 5) is 4.12. The highest BCUT2D eigenvalue weighted by Crippen LogP contribution is 2.31. The van der Waals surface area contributed by atoms with E-state index in [0.717, 1.165) is 11.0 Å². The van der Waals surface area contributed by atoms with E-state index in [4.69, 9.17) is 4.52 Å². The molecule has 0 aliphatic heterocycles. The number of hydrogen-bond donors (Lipinski definition) is 1. The zero-order valence-electron chi connectivity index (χ0n) is 8.85. The normalized spacial score (nSPS) is 19.6. The summed E-state index contributed by atoms with van der Waals surface area (Å²) in [5.74, 6) is 1.81. The standard InChI is InChI=1S/C10H16N2O2S/c1-7(13)10-11-9(12-14-10)6-15-8-4-2-3-5-8/h7-8,13H,2-6H2,1H3. The Morgan fingerprint density at radius 1 is 1.53 bits per heavy atom. The van der Waals surface area contributed by atoms with Crippen LogP contribution in [0.3, 0.4) is 0 Å². The Bertz CT molecular complexity index is 308. The number of aliphatic hydroxyl groups excluding tert-OH is 1. The van der Waals surface area contributed by atoms with Gasteiger partial charge in [0.25, 0.3) is 5.89 Å². The van der Waals surface area contributed by atoms with Crippen LogP contribution in [0.5, 0.6) is 0 Å². The largest absolute Gasteiger partial charge is 0.384 e. The molecule has 2 rings (SSSR count). The van der Waals surface area contributed by atoms with Crippen molar-refractivity contribution >= 4 is 11.8 Å². The molecule has 84 valence electrons. The van der Waals surface area contributed by atoms with Gasteiger partial charge in [0.15, 0.2) is 5.82 Å². The Hall–Kier alpha value is -0.550. The van der Waals surface area contributed by atoms with Gasteiger partial charge in [0.2, 0.25) is 0 Å². The van der Waals surface area contributed by atoms with Crippen LogP contribution in [-0.2, 0) is 5.75 Å². The minimum atomic E-state index is -0.664. The van der Waals surface area contributed by atoms with Crippen molar-refractivity contribution in [2.24, 2.45) is 0 Å². The van der Waals surface area contributed by atoms with Gasteiger partial charge in [0.1, 0.15) is 6.10 Å². The van der Waals surface area contributed by atoms with Crippen molar-refractivity contribution in [2.75, 3.05) is 0 Å². The second-order valence-electron chi connectivity index (χ2n) is 3.94. The summed E-state index contributed by atoms with van der Waals surface area (Å²) in [5.41, 5.74) is 0. The molecule has 15 heavy (non-hydrogen) atoms. The molecule has 1 aliphatic rings. The Kier molecular flexibility index (Phi) is 3.64.